The fraction of sp³-hybridized carbons (Fsp3) is 0.0476. The van der Waals surface area contributed by atoms with E-state index in [-0.39, 0.29) is 12.6 Å². The van der Waals surface area contributed by atoms with Crippen molar-refractivity contribution in [1.29, 1.82) is 0 Å². The van der Waals surface area contributed by atoms with Gasteiger partial charge in [0.15, 0.2) is 0 Å². The largest absolute Gasteiger partial charge is 0.457 e. The Morgan fingerprint density at radius 2 is 1.58 bits per heavy atom. The molecule has 4 rings (SSSR count). The van der Waals surface area contributed by atoms with E-state index < -0.39 is 0 Å². The van der Waals surface area contributed by atoms with E-state index in [1.165, 1.54) is 0 Å². The van der Waals surface area contributed by atoms with Crippen LogP contribution in [0.4, 0.5) is 0 Å². The maximum atomic E-state index is 12.1. The normalized spacial score (nSPS) is 10.8. The van der Waals surface area contributed by atoms with Crippen LogP contribution in [-0.2, 0) is 11.3 Å². The first-order valence-electron chi connectivity index (χ1n) is 7.81. The van der Waals surface area contributed by atoms with E-state index in [1.807, 2.05) is 60.7 Å². The van der Waals surface area contributed by atoms with Crippen molar-refractivity contribution in [1.82, 2.24) is 4.98 Å². The van der Waals surface area contributed by atoms with Crippen molar-refractivity contribution in [3.05, 3.63) is 90.0 Å². The van der Waals surface area contributed by atoms with Crippen LogP contribution in [-0.4, -0.2) is 11.0 Å². The van der Waals surface area contributed by atoms with E-state index in [0.717, 1.165) is 27.4 Å². The second-order valence-corrected chi connectivity index (χ2v) is 5.61. The molecule has 0 saturated carbocycles. The first-order valence-corrected chi connectivity index (χ1v) is 7.81. The molecule has 3 heteroatoms. The maximum absolute atomic E-state index is 12.1. The summed E-state index contributed by atoms with van der Waals surface area (Å²) in [6.45, 7) is 0.205. The summed E-state index contributed by atoms with van der Waals surface area (Å²) in [4.78, 5) is 16.9. The summed E-state index contributed by atoms with van der Waals surface area (Å²) in [6, 6.07) is 25.1. The van der Waals surface area contributed by atoms with Crippen molar-refractivity contribution < 1.29 is 9.53 Å². The number of pyridine rings is 1. The Hall–Kier alpha value is -3.20. The zero-order valence-corrected chi connectivity index (χ0v) is 13.0. The minimum absolute atomic E-state index is 0.205. The smallest absolute Gasteiger partial charge is 0.338 e. The summed E-state index contributed by atoms with van der Waals surface area (Å²) >= 11 is 0. The molecule has 0 aliphatic rings. The predicted molar refractivity (Wildman–Crippen MR) is 94.8 cm³/mol. The second-order valence-electron chi connectivity index (χ2n) is 5.61. The van der Waals surface area contributed by atoms with Crippen LogP contribution >= 0.6 is 0 Å². The summed E-state index contributed by atoms with van der Waals surface area (Å²) in [6.07, 6.45) is 0. The number of hydrogen-bond donors (Lipinski definition) is 0. The van der Waals surface area contributed by atoms with Gasteiger partial charge in [0.05, 0.1) is 16.6 Å². The molecule has 1 heterocycles. The third-order valence-corrected chi connectivity index (χ3v) is 4.00. The molecule has 0 spiro atoms. The lowest BCUT2D eigenvalue weighted by Gasteiger charge is -2.09. The van der Waals surface area contributed by atoms with E-state index in [0.29, 0.717) is 5.56 Å². The van der Waals surface area contributed by atoms with Gasteiger partial charge in [-0.15, -0.1) is 0 Å². The van der Waals surface area contributed by atoms with Gasteiger partial charge >= 0.3 is 5.97 Å². The van der Waals surface area contributed by atoms with Crippen LogP contribution in [0.2, 0.25) is 0 Å². The molecule has 0 aliphatic heterocycles. The van der Waals surface area contributed by atoms with E-state index in [4.69, 9.17) is 9.72 Å². The summed E-state index contributed by atoms with van der Waals surface area (Å²) < 4.78 is 5.46. The molecule has 4 aromatic rings. The molecular formula is C21H15NO2. The number of fused-ring (bicyclic) bond motifs is 2. The number of benzene rings is 3. The first kappa shape index (κ1) is 14.4. The SMILES string of the molecule is O=C(OCc1cccc2cc3ccccc3nc12)c1ccccc1. The van der Waals surface area contributed by atoms with Crippen molar-refractivity contribution in [3.8, 4) is 0 Å². The Bertz CT molecular complexity index is 1030. The topological polar surface area (TPSA) is 39.2 Å². The number of esters is 1. The van der Waals surface area contributed by atoms with Gasteiger partial charge in [0, 0.05) is 16.3 Å². The van der Waals surface area contributed by atoms with Crippen molar-refractivity contribution in [2.45, 2.75) is 6.61 Å². The lowest BCUT2D eigenvalue weighted by Crippen LogP contribution is -2.05. The van der Waals surface area contributed by atoms with Crippen LogP contribution in [0.3, 0.4) is 0 Å². The molecule has 116 valence electrons. The molecule has 0 N–H and O–H groups in total. The van der Waals surface area contributed by atoms with E-state index in [1.54, 1.807) is 12.1 Å². The number of ether oxygens (including phenoxy) is 1. The van der Waals surface area contributed by atoms with Crippen LogP contribution in [0, 0.1) is 0 Å². The molecule has 0 bridgehead atoms. The average Bonchev–Trinajstić information content (AvgIpc) is 2.65. The lowest BCUT2D eigenvalue weighted by molar-refractivity contribution is 0.0474. The zero-order chi connectivity index (χ0) is 16.4. The summed E-state index contributed by atoms with van der Waals surface area (Å²) in [7, 11) is 0. The molecule has 0 fully saturated rings. The Morgan fingerprint density at radius 1 is 0.833 bits per heavy atom. The van der Waals surface area contributed by atoms with Crippen LogP contribution in [0.25, 0.3) is 21.8 Å². The molecule has 24 heavy (non-hydrogen) atoms. The number of aromatic nitrogens is 1. The molecule has 0 amide bonds. The number of rotatable bonds is 3. The molecule has 3 nitrogen and oxygen atoms in total. The van der Waals surface area contributed by atoms with Gasteiger partial charge in [0.1, 0.15) is 6.61 Å². The summed E-state index contributed by atoms with van der Waals surface area (Å²) in [5.41, 5.74) is 3.27. The van der Waals surface area contributed by atoms with Crippen molar-refractivity contribution in [2.24, 2.45) is 0 Å². The van der Waals surface area contributed by atoms with Gasteiger partial charge in [-0.1, -0.05) is 54.6 Å². The van der Waals surface area contributed by atoms with Crippen LogP contribution in [0.15, 0.2) is 78.9 Å². The van der Waals surface area contributed by atoms with Gasteiger partial charge in [0.25, 0.3) is 0 Å². The van der Waals surface area contributed by atoms with Gasteiger partial charge in [-0.05, 0) is 24.3 Å². The van der Waals surface area contributed by atoms with Crippen LogP contribution in [0.1, 0.15) is 15.9 Å². The van der Waals surface area contributed by atoms with Gasteiger partial charge < -0.3 is 4.74 Å². The number of hydrogen-bond acceptors (Lipinski definition) is 3. The monoisotopic (exact) mass is 313 g/mol. The van der Waals surface area contributed by atoms with Crippen molar-refractivity contribution in [3.63, 3.8) is 0 Å². The Morgan fingerprint density at radius 3 is 2.46 bits per heavy atom. The quantitative estimate of drug-likeness (QED) is 0.405. The molecule has 0 radical (unpaired) electrons. The Labute approximate surface area is 139 Å². The predicted octanol–water partition coefficient (Wildman–Crippen LogP) is 4.75. The molecule has 1 aromatic heterocycles. The van der Waals surface area contributed by atoms with E-state index in [2.05, 4.69) is 6.07 Å². The maximum Gasteiger partial charge on any atom is 0.338 e. The number of para-hydroxylation sites is 2. The zero-order valence-electron chi connectivity index (χ0n) is 13.0. The molecule has 0 saturated heterocycles. The number of carbonyl (C=O) groups excluding carboxylic acids is 1. The van der Waals surface area contributed by atoms with Crippen molar-refractivity contribution >= 4 is 27.8 Å². The Balaban J connectivity index is 1.66. The van der Waals surface area contributed by atoms with Gasteiger partial charge in [-0.3, -0.25) is 0 Å². The van der Waals surface area contributed by atoms with Gasteiger partial charge in [-0.25, -0.2) is 9.78 Å². The van der Waals surface area contributed by atoms with Crippen LogP contribution < -0.4 is 0 Å². The third-order valence-electron chi connectivity index (χ3n) is 4.00. The first-order chi connectivity index (χ1) is 11.8. The van der Waals surface area contributed by atoms with Gasteiger partial charge in [-0.2, -0.15) is 0 Å². The molecule has 0 unspecified atom stereocenters. The fourth-order valence-electron chi connectivity index (χ4n) is 2.78. The highest BCUT2D eigenvalue weighted by Gasteiger charge is 2.09. The Kier molecular flexibility index (Phi) is 3.67. The van der Waals surface area contributed by atoms with Gasteiger partial charge in [0.2, 0.25) is 0 Å². The number of nitrogens with zero attached hydrogens (tertiary/aromatic N) is 1. The highest BCUT2D eigenvalue weighted by molar-refractivity contribution is 5.94. The summed E-state index contributed by atoms with van der Waals surface area (Å²) in [5, 5.41) is 2.14. The highest BCUT2D eigenvalue weighted by Crippen LogP contribution is 2.23. The van der Waals surface area contributed by atoms with Crippen molar-refractivity contribution in [2.75, 3.05) is 0 Å². The molecular weight excluding hydrogens is 298 g/mol. The lowest BCUT2D eigenvalue weighted by atomic mass is 10.1. The summed E-state index contributed by atoms with van der Waals surface area (Å²) in [5.74, 6) is -0.326. The molecule has 3 aromatic carbocycles. The minimum Gasteiger partial charge on any atom is -0.457 e. The minimum atomic E-state index is -0.326. The third kappa shape index (κ3) is 2.72. The number of carbonyl (C=O) groups is 1. The molecule has 0 atom stereocenters. The average molecular weight is 313 g/mol. The fourth-order valence-corrected chi connectivity index (χ4v) is 2.78. The molecule has 0 aliphatic carbocycles. The van der Waals surface area contributed by atoms with E-state index >= 15 is 0 Å². The van der Waals surface area contributed by atoms with Crippen LogP contribution in [0.5, 0.6) is 0 Å². The second kappa shape index (κ2) is 6.13. The van der Waals surface area contributed by atoms with E-state index in [9.17, 15) is 4.79 Å². The highest BCUT2D eigenvalue weighted by atomic mass is 16.5. The standard InChI is InChI=1S/C21H15NO2/c23-21(15-7-2-1-3-8-15)24-14-18-11-6-10-17-13-16-9-4-5-12-19(16)22-20(17)18/h1-13H,14H2.